The highest BCUT2D eigenvalue weighted by molar-refractivity contribution is 6.10. The highest BCUT2D eigenvalue weighted by Gasteiger charge is 2.44. The number of benzene rings is 2. The van der Waals surface area contributed by atoms with E-state index in [2.05, 4.69) is 4.98 Å². The summed E-state index contributed by atoms with van der Waals surface area (Å²) in [6.45, 7) is 1.84. The fourth-order valence-electron chi connectivity index (χ4n) is 3.79. The summed E-state index contributed by atoms with van der Waals surface area (Å²) in [5.74, 6) is 0.140. The number of aromatic nitrogens is 1. The van der Waals surface area contributed by atoms with Crippen LogP contribution in [0.3, 0.4) is 0 Å². The topological polar surface area (TPSA) is 83.6 Å². The number of nitrogens with zero attached hydrogens (tertiary/aromatic N) is 2. The number of carbonyl (C=O) groups excluding carboxylic acids is 1. The Bertz CT molecular complexity index is 1330. The van der Waals surface area contributed by atoms with Crippen LogP contribution in [0.1, 0.15) is 33.4 Å². The van der Waals surface area contributed by atoms with Crippen molar-refractivity contribution in [1.82, 2.24) is 4.98 Å². The fraction of sp³-hybridized carbons (Fsp3) is 0.0870. The molecule has 0 bridgehead atoms. The Labute approximate surface area is 165 Å². The maximum Gasteiger partial charge on any atom is 0.296 e. The minimum Gasteiger partial charge on any atom is -0.508 e. The maximum absolute atomic E-state index is 13.4. The molecule has 1 aliphatic rings. The number of fused-ring (bicyclic) bond motifs is 2. The van der Waals surface area contributed by atoms with Gasteiger partial charge in [0.2, 0.25) is 5.76 Å². The maximum atomic E-state index is 13.4. The largest absolute Gasteiger partial charge is 0.508 e. The lowest BCUT2D eigenvalue weighted by molar-refractivity contribution is 0.0970. The number of hydrogen-bond donors (Lipinski definition) is 1. The fourth-order valence-corrected chi connectivity index (χ4v) is 3.79. The van der Waals surface area contributed by atoms with Crippen LogP contribution in [0, 0.1) is 6.92 Å². The number of phenols is 1. The molecule has 0 aliphatic carbocycles. The first kappa shape index (κ1) is 17.2. The molecular weight excluding hydrogens is 368 g/mol. The molecule has 1 unspecified atom stereocenters. The number of amides is 1. The van der Waals surface area contributed by atoms with Crippen LogP contribution in [-0.2, 0) is 0 Å². The minimum absolute atomic E-state index is 0.0232. The van der Waals surface area contributed by atoms with Gasteiger partial charge in [-0.2, -0.15) is 0 Å². The molecule has 6 nitrogen and oxygen atoms in total. The number of phenolic OH excluding ortho intramolecular Hbond substituents is 1. The van der Waals surface area contributed by atoms with Crippen molar-refractivity contribution in [3.8, 4) is 5.75 Å². The van der Waals surface area contributed by atoms with Crippen molar-refractivity contribution in [3.63, 3.8) is 0 Å². The SMILES string of the molecule is Cc1cccc(N2C(=O)c3oc4ccccc4c(=O)c3C2c2ccc(O)cc2)n1. The first-order chi connectivity index (χ1) is 14.0. The standard InChI is InChI=1S/C23H16N2O4/c1-13-5-4-8-18(24-13)25-20(14-9-11-15(26)12-10-14)19-21(27)16-6-2-3-7-17(16)29-22(19)23(25)28/h2-12,20,26H,1H3. The number of pyridine rings is 1. The molecule has 5 rings (SSSR count). The molecule has 6 heteroatoms. The third kappa shape index (κ3) is 2.61. The summed E-state index contributed by atoms with van der Waals surface area (Å²) >= 11 is 0. The molecule has 2 aromatic heterocycles. The number of para-hydroxylation sites is 1. The molecule has 0 saturated heterocycles. The number of aromatic hydroxyl groups is 1. The summed E-state index contributed by atoms with van der Waals surface area (Å²) in [6, 6.07) is 18.0. The summed E-state index contributed by atoms with van der Waals surface area (Å²) in [4.78, 5) is 32.7. The molecule has 4 aromatic rings. The van der Waals surface area contributed by atoms with E-state index in [9.17, 15) is 14.7 Å². The Morgan fingerprint density at radius 1 is 0.966 bits per heavy atom. The van der Waals surface area contributed by atoms with E-state index in [-0.39, 0.29) is 22.5 Å². The molecule has 1 N–H and O–H groups in total. The van der Waals surface area contributed by atoms with E-state index in [4.69, 9.17) is 4.42 Å². The molecule has 0 fully saturated rings. The molecule has 2 aromatic carbocycles. The van der Waals surface area contributed by atoms with Gasteiger partial charge in [0.15, 0.2) is 5.43 Å². The second-order valence-electron chi connectivity index (χ2n) is 6.98. The lowest BCUT2D eigenvalue weighted by Gasteiger charge is -2.24. The molecule has 1 atom stereocenters. The van der Waals surface area contributed by atoms with Crippen molar-refractivity contribution in [3.05, 3.63) is 99.5 Å². The molecule has 3 heterocycles. The van der Waals surface area contributed by atoms with E-state index in [0.717, 1.165) is 5.69 Å². The van der Waals surface area contributed by atoms with Gasteiger partial charge < -0.3 is 9.52 Å². The van der Waals surface area contributed by atoms with Gasteiger partial charge in [-0.05, 0) is 48.9 Å². The van der Waals surface area contributed by atoms with E-state index in [1.54, 1.807) is 42.5 Å². The Morgan fingerprint density at radius 2 is 1.72 bits per heavy atom. The van der Waals surface area contributed by atoms with Crippen molar-refractivity contribution in [2.24, 2.45) is 0 Å². The van der Waals surface area contributed by atoms with Gasteiger partial charge in [-0.25, -0.2) is 4.98 Å². The predicted octanol–water partition coefficient (Wildman–Crippen LogP) is 3.95. The summed E-state index contributed by atoms with van der Waals surface area (Å²) in [7, 11) is 0. The highest BCUT2D eigenvalue weighted by Crippen LogP contribution is 2.40. The zero-order valence-corrected chi connectivity index (χ0v) is 15.5. The molecule has 0 radical (unpaired) electrons. The first-order valence-corrected chi connectivity index (χ1v) is 9.16. The van der Waals surface area contributed by atoms with Crippen LogP contribution < -0.4 is 10.3 Å². The molecule has 1 amide bonds. The summed E-state index contributed by atoms with van der Waals surface area (Å²) < 4.78 is 5.89. The Hall–Kier alpha value is -3.93. The summed E-state index contributed by atoms with van der Waals surface area (Å²) in [5.41, 5.74) is 1.83. The van der Waals surface area contributed by atoms with Crippen LogP contribution in [0.25, 0.3) is 11.0 Å². The van der Waals surface area contributed by atoms with Gasteiger partial charge in [0.05, 0.1) is 17.0 Å². The average molecular weight is 384 g/mol. The van der Waals surface area contributed by atoms with E-state index in [1.807, 2.05) is 19.1 Å². The van der Waals surface area contributed by atoms with Crippen LogP contribution >= 0.6 is 0 Å². The lowest BCUT2D eigenvalue weighted by Crippen LogP contribution is -2.30. The second-order valence-corrected chi connectivity index (χ2v) is 6.98. The van der Waals surface area contributed by atoms with Crippen molar-refractivity contribution >= 4 is 22.7 Å². The van der Waals surface area contributed by atoms with Gasteiger partial charge >= 0.3 is 0 Å². The Kier molecular flexibility index (Phi) is 3.74. The third-order valence-corrected chi connectivity index (χ3v) is 5.11. The van der Waals surface area contributed by atoms with Gasteiger partial charge in [0.25, 0.3) is 5.91 Å². The van der Waals surface area contributed by atoms with Crippen LogP contribution in [0.4, 0.5) is 5.82 Å². The number of rotatable bonds is 2. The number of hydrogen-bond acceptors (Lipinski definition) is 5. The summed E-state index contributed by atoms with van der Waals surface area (Å²) in [6.07, 6.45) is 0. The molecule has 0 spiro atoms. The molecular formula is C23H16N2O4. The number of carbonyl (C=O) groups is 1. The first-order valence-electron chi connectivity index (χ1n) is 9.16. The zero-order valence-electron chi connectivity index (χ0n) is 15.5. The van der Waals surface area contributed by atoms with Gasteiger partial charge in [-0.1, -0.05) is 30.3 Å². The van der Waals surface area contributed by atoms with Gasteiger partial charge in [-0.3, -0.25) is 14.5 Å². The Morgan fingerprint density at radius 3 is 2.48 bits per heavy atom. The van der Waals surface area contributed by atoms with Gasteiger partial charge in [0, 0.05) is 5.69 Å². The van der Waals surface area contributed by atoms with E-state index < -0.39 is 11.9 Å². The van der Waals surface area contributed by atoms with Crippen molar-refractivity contribution in [1.29, 1.82) is 0 Å². The normalized spacial score (nSPS) is 15.7. The molecule has 142 valence electrons. The third-order valence-electron chi connectivity index (χ3n) is 5.11. The van der Waals surface area contributed by atoms with E-state index >= 15 is 0 Å². The van der Waals surface area contributed by atoms with Crippen LogP contribution in [0.15, 0.2) is 75.9 Å². The number of aryl methyl sites for hydroxylation is 1. The van der Waals surface area contributed by atoms with Crippen molar-refractivity contribution in [2.75, 3.05) is 4.90 Å². The highest BCUT2D eigenvalue weighted by atomic mass is 16.3. The van der Waals surface area contributed by atoms with Crippen LogP contribution in [0.2, 0.25) is 0 Å². The van der Waals surface area contributed by atoms with Gasteiger partial charge in [-0.15, -0.1) is 0 Å². The Balaban J connectivity index is 1.82. The van der Waals surface area contributed by atoms with E-state index in [1.165, 1.54) is 17.0 Å². The summed E-state index contributed by atoms with van der Waals surface area (Å²) in [5, 5.41) is 10.1. The van der Waals surface area contributed by atoms with Crippen LogP contribution in [-0.4, -0.2) is 16.0 Å². The quantitative estimate of drug-likeness (QED) is 0.566. The monoisotopic (exact) mass is 384 g/mol. The van der Waals surface area contributed by atoms with Crippen LogP contribution in [0.5, 0.6) is 5.75 Å². The van der Waals surface area contributed by atoms with Crippen molar-refractivity contribution < 1.29 is 14.3 Å². The van der Waals surface area contributed by atoms with Gasteiger partial charge in [0.1, 0.15) is 17.2 Å². The number of anilines is 1. The average Bonchev–Trinajstić information content (AvgIpc) is 3.02. The zero-order chi connectivity index (χ0) is 20.1. The molecule has 1 aliphatic heterocycles. The minimum atomic E-state index is -0.701. The van der Waals surface area contributed by atoms with E-state index in [0.29, 0.717) is 22.4 Å². The van der Waals surface area contributed by atoms with Crippen molar-refractivity contribution in [2.45, 2.75) is 13.0 Å². The lowest BCUT2D eigenvalue weighted by atomic mass is 9.98. The second kappa shape index (κ2) is 6.31. The molecule has 0 saturated carbocycles. The predicted molar refractivity (Wildman–Crippen MR) is 108 cm³/mol. The molecule has 29 heavy (non-hydrogen) atoms. The smallest absolute Gasteiger partial charge is 0.296 e.